The average Bonchev–Trinajstić information content (AvgIpc) is 2.29. The Labute approximate surface area is 96.9 Å². The predicted molar refractivity (Wildman–Crippen MR) is 61.1 cm³/mol. The van der Waals surface area contributed by atoms with Crippen molar-refractivity contribution in [2.24, 2.45) is 5.73 Å². The first-order valence-corrected chi connectivity index (χ1v) is 5.79. The van der Waals surface area contributed by atoms with Gasteiger partial charge in [-0.25, -0.2) is 0 Å². The molecule has 0 aromatic rings. The zero-order chi connectivity index (χ0) is 12.0. The van der Waals surface area contributed by atoms with E-state index in [1.54, 1.807) is 7.11 Å². The quantitative estimate of drug-likeness (QED) is 0.675. The SMILES string of the molecule is COCCCC(N)C(=O)N1CCOCC1C. The van der Waals surface area contributed by atoms with Crippen molar-refractivity contribution in [2.75, 3.05) is 33.5 Å². The molecule has 0 saturated carbocycles. The van der Waals surface area contributed by atoms with E-state index in [0.29, 0.717) is 32.8 Å². The molecular formula is C11H22N2O3. The van der Waals surface area contributed by atoms with E-state index in [-0.39, 0.29) is 11.9 Å². The molecule has 1 heterocycles. The van der Waals surface area contributed by atoms with Gasteiger partial charge in [0, 0.05) is 20.3 Å². The van der Waals surface area contributed by atoms with Gasteiger partial charge in [-0.05, 0) is 19.8 Å². The van der Waals surface area contributed by atoms with E-state index in [4.69, 9.17) is 15.2 Å². The molecule has 2 atom stereocenters. The van der Waals surface area contributed by atoms with E-state index in [1.165, 1.54) is 0 Å². The molecule has 0 aromatic carbocycles. The highest BCUT2D eigenvalue weighted by atomic mass is 16.5. The second kappa shape index (κ2) is 6.83. The molecule has 1 aliphatic rings. The molecule has 5 nitrogen and oxygen atoms in total. The monoisotopic (exact) mass is 230 g/mol. The number of amides is 1. The van der Waals surface area contributed by atoms with Crippen molar-refractivity contribution in [3.63, 3.8) is 0 Å². The summed E-state index contributed by atoms with van der Waals surface area (Å²) in [6, 6.07) is -0.273. The molecular weight excluding hydrogens is 208 g/mol. The summed E-state index contributed by atoms with van der Waals surface area (Å²) in [5.41, 5.74) is 5.86. The maximum Gasteiger partial charge on any atom is 0.239 e. The van der Waals surface area contributed by atoms with Crippen LogP contribution in [0.5, 0.6) is 0 Å². The smallest absolute Gasteiger partial charge is 0.239 e. The van der Waals surface area contributed by atoms with Crippen molar-refractivity contribution >= 4 is 5.91 Å². The number of nitrogens with two attached hydrogens (primary N) is 1. The molecule has 0 spiro atoms. The third-order valence-corrected chi connectivity index (χ3v) is 2.83. The number of hydrogen-bond acceptors (Lipinski definition) is 4. The summed E-state index contributed by atoms with van der Waals surface area (Å²) in [5, 5.41) is 0. The fraction of sp³-hybridized carbons (Fsp3) is 0.909. The van der Waals surface area contributed by atoms with Crippen molar-refractivity contribution in [1.29, 1.82) is 0 Å². The Morgan fingerprint density at radius 2 is 2.44 bits per heavy atom. The van der Waals surface area contributed by atoms with Gasteiger partial charge in [-0.2, -0.15) is 0 Å². The minimum Gasteiger partial charge on any atom is -0.385 e. The molecule has 2 unspecified atom stereocenters. The van der Waals surface area contributed by atoms with Gasteiger partial charge in [0.15, 0.2) is 0 Å². The van der Waals surface area contributed by atoms with Gasteiger partial charge >= 0.3 is 0 Å². The molecule has 1 aliphatic heterocycles. The van der Waals surface area contributed by atoms with Crippen LogP contribution in [-0.4, -0.2) is 56.4 Å². The number of rotatable bonds is 5. The summed E-state index contributed by atoms with van der Waals surface area (Å²) >= 11 is 0. The lowest BCUT2D eigenvalue weighted by Crippen LogP contribution is -2.52. The van der Waals surface area contributed by atoms with Crippen molar-refractivity contribution in [1.82, 2.24) is 4.90 Å². The first-order valence-electron chi connectivity index (χ1n) is 5.79. The van der Waals surface area contributed by atoms with Crippen molar-refractivity contribution in [3.8, 4) is 0 Å². The number of carbonyl (C=O) groups excluding carboxylic acids is 1. The first kappa shape index (κ1) is 13.4. The number of methoxy groups -OCH3 is 1. The maximum atomic E-state index is 12.0. The van der Waals surface area contributed by atoms with Gasteiger partial charge in [0.2, 0.25) is 5.91 Å². The van der Waals surface area contributed by atoms with Crippen LogP contribution in [0.1, 0.15) is 19.8 Å². The molecule has 1 amide bonds. The fourth-order valence-corrected chi connectivity index (χ4v) is 1.84. The summed E-state index contributed by atoms with van der Waals surface area (Å²) < 4.78 is 10.2. The Bertz CT molecular complexity index is 223. The molecule has 94 valence electrons. The highest BCUT2D eigenvalue weighted by molar-refractivity contribution is 5.82. The van der Waals surface area contributed by atoms with Gasteiger partial charge in [0.05, 0.1) is 25.3 Å². The Morgan fingerprint density at radius 1 is 1.69 bits per heavy atom. The van der Waals surface area contributed by atoms with Gasteiger partial charge < -0.3 is 20.1 Å². The Balaban J connectivity index is 2.36. The Morgan fingerprint density at radius 3 is 3.06 bits per heavy atom. The van der Waals surface area contributed by atoms with Gasteiger partial charge in [0.1, 0.15) is 0 Å². The van der Waals surface area contributed by atoms with Crippen LogP contribution in [0.2, 0.25) is 0 Å². The maximum absolute atomic E-state index is 12.0. The van der Waals surface area contributed by atoms with Crippen LogP contribution in [0.4, 0.5) is 0 Å². The molecule has 5 heteroatoms. The molecule has 0 bridgehead atoms. The van der Waals surface area contributed by atoms with Crippen LogP contribution in [0.25, 0.3) is 0 Å². The number of carbonyl (C=O) groups is 1. The lowest BCUT2D eigenvalue weighted by Gasteiger charge is -2.35. The standard InChI is InChI=1S/C11H22N2O3/c1-9-8-16-7-5-13(9)11(14)10(12)4-3-6-15-2/h9-10H,3-8,12H2,1-2H3. The van der Waals surface area contributed by atoms with Gasteiger partial charge in [-0.3, -0.25) is 4.79 Å². The summed E-state index contributed by atoms with van der Waals surface area (Å²) in [6.07, 6.45) is 1.50. The summed E-state index contributed by atoms with van der Waals surface area (Å²) in [7, 11) is 1.65. The van der Waals surface area contributed by atoms with Crippen LogP contribution in [0, 0.1) is 0 Å². The lowest BCUT2D eigenvalue weighted by molar-refractivity contribution is -0.140. The highest BCUT2D eigenvalue weighted by Crippen LogP contribution is 2.09. The largest absolute Gasteiger partial charge is 0.385 e. The Kier molecular flexibility index (Phi) is 5.73. The zero-order valence-corrected chi connectivity index (χ0v) is 10.1. The second-order valence-corrected chi connectivity index (χ2v) is 4.20. The van der Waals surface area contributed by atoms with Gasteiger partial charge in [-0.1, -0.05) is 0 Å². The van der Waals surface area contributed by atoms with Crippen LogP contribution in [0.15, 0.2) is 0 Å². The zero-order valence-electron chi connectivity index (χ0n) is 10.1. The molecule has 16 heavy (non-hydrogen) atoms. The normalized spacial score (nSPS) is 23.2. The number of nitrogens with zero attached hydrogens (tertiary/aromatic N) is 1. The third-order valence-electron chi connectivity index (χ3n) is 2.83. The fourth-order valence-electron chi connectivity index (χ4n) is 1.84. The van der Waals surface area contributed by atoms with Crippen LogP contribution in [-0.2, 0) is 14.3 Å². The molecule has 1 saturated heterocycles. The molecule has 2 N–H and O–H groups in total. The number of hydrogen-bond donors (Lipinski definition) is 1. The van der Waals surface area contributed by atoms with Crippen LogP contribution >= 0.6 is 0 Å². The van der Waals surface area contributed by atoms with Crippen molar-refractivity contribution < 1.29 is 14.3 Å². The van der Waals surface area contributed by atoms with E-state index in [9.17, 15) is 4.79 Å². The minimum atomic E-state index is -0.407. The molecule has 0 radical (unpaired) electrons. The van der Waals surface area contributed by atoms with Crippen LogP contribution < -0.4 is 5.73 Å². The predicted octanol–water partition coefficient (Wildman–Crippen LogP) is -0.0124. The lowest BCUT2D eigenvalue weighted by atomic mass is 10.1. The number of ether oxygens (including phenoxy) is 2. The summed E-state index contributed by atoms with van der Waals surface area (Å²) in [4.78, 5) is 13.8. The molecule has 0 aliphatic carbocycles. The highest BCUT2D eigenvalue weighted by Gasteiger charge is 2.27. The topological polar surface area (TPSA) is 64.8 Å². The second-order valence-electron chi connectivity index (χ2n) is 4.20. The first-order chi connectivity index (χ1) is 7.66. The summed E-state index contributed by atoms with van der Waals surface area (Å²) in [6.45, 7) is 4.51. The third kappa shape index (κ3) is 3.73. The number of morpholine rings is 1. The van der Waals surface area contributed by atoms with Crippen LogP contribution in [0.3, 0.4) is 0 Å². The molecule has 1 fully saturated rings. The summed E-state index contributed by atoms with van der Waals surface area (Å²) in [5.74, 6) is 0.0342. The average molecular weight is 230 g/mol. The minimum absolute atomic E-state index is 0.0342. The van der Waals surface area contributed by atoms with E-state index in [0.717, 1.165) is 6.42 Å². The van der Waals surface area contributed by atoms with Gasteiger partial charge in [0.25, 0.3) is 0 Å². The van der Waals surface area contributed by atoms with E-state index < -0.39 is 6.04 Å². The van der Waals surface area contributed by atoms with Crippen molar-refractivity contribution in [3.05, 3.63) is 0 Å². The molecule has 0 aromatic heterocycles. The van der Waals surface area contributed by atoms with E-state index in [2.05, 4.69) is 0 Å². The van der Waals surface area contributed by atoms with Gasteiger partial charge in [-0.15, -0.1) is 0 Å². The van der Waals surface area contributed by atoms with E-state index in [1.807, 2.05) is 11.8 Å². The van der Waals surface area contributed by atoms with E-state index >= 15 is 0 Å². The molecule has 1 rings (SSSR count). The van der Waals surface area contributed by atoms with Crippen molar-refractivity contribution in [2.45, 2.75) is 31.8 Å². The Hall–Kier alpha value is -0.650.